The van der Waals surface area contributed by atoms with Crippen LogP contribution in [-0.2, 0) is 13.0 Å². The predicted molar refractivity (Wildman–Crippen MR) is 74.8 cm³/mol. The zero-order valence-corrected chi connectivity index (χ0v) is 11.8. The van der Waals surface area contributed by atoms with Gasteiger partial charge in [0.1, 0.15) is 18.0 Å². The minimum Gasteiger partial charge on any atom is -0.396 e. The molecule has 0 radical (unpaired) electrons. The molecule has 1 aromatic heterocycles. The standard InChI is InChI=1S/C15H20FN3O/c1-11(2)8-19-15(17-10-18-19)7-12(9-20)13-5-3-4-6-14(13)16/h3-6,10-12,20H,7-9H2,1-2H3. The Morgan fingerprint density at radius 2 is 2.05 bits per heavy atom. The third kappa shape index (κ3) is 3.42. The average molecular weight is 277 g/mol. The zero-order chi connectivity index (χ0) is 14.5. The van der Waals surface area contributed by atoms with E-state index in [1.807, 2.05) is 4.68 Å². The molecule has 0 fully saturated rings. The summed E-state index contributed by atoms with van der Waals surface area (Å²) in [5.41, 5.74) is 0.522. The highest BCUT2D eigenvalue weighted by molar-refractivity contribution is 5.22. The van der Waals surface area contributed by atoms with Crippen LogP contribution in [-0.4, -0.2) is 26.5 Å². The number of aliphatic hydroxyl groups excluding tert-OH is 1. The lowest BCUT2D eigenvalue weighted by Gasteiger charge is -2.16. The summed E-state index contributed by atoms with van der Waals surface area (Å²) in [4.78, 5) is 4.23. The Hall–Kier alpha value is -1.75. The van der Waals surface area contributed by atoms with Crippen LogP contribution in [0, 0.1) is 11.7 Å². The lowest BCUT2D eigenvalue weighted by Crippen LogP contribution is -2.16. The molecule has 0 bridgehead atoms. The third-order valence-electron chi connectivity index (χ3n) is 3.23. The summed E-state index contributed by atoms with van der Waals surface area (Å²) in [6, 6.07) is 6.55. The molecule has 4 nitrogen and oxygen atoms in total. The Balaban J connectivity index is 2.19. The molecule has 2 aromatic rings. The van der Waals surface area contributed by atoms with E-state index in [9.17, 15) is 9.50 Å². The van der Waals surface area contributed by atoms with Crippen LogP contribution in [0.4, 0.5) is 4.39 Å². The van der Waals surface area contributed by atoms with Gasteiger partial charge in [0.2, 0.25) is 0 Å². The van der Waals surface area contributed by atoms with Crippen molar-refractivity contribution in [1.29, 1.82) is 0 Å². The van der Waals surface area contributed by atoms with Crippen molar-refractivity contribution < 1.29 is 9.50 Å². The average Bonchev–Trinajstić information content (AvgIpc) is 2.83. The number of halogens is 1. The first-order valence-corrected chi connectivity index (χ1v) is 6.83. The summed E-state index contributed by atoms with van der Waals surface area (Å²) in [6.07, 6.45) is 1.98. The molecule has 2 rings (SSSR count). The fourth-order valence-corrected chi connectivity index (χ4v) is 2.24. The minimum atomic E-state index is -0.300. The van der Waals surface area contributed by atoms with Crippen LogP contribution in [0.25, 0.3) is 0 Å². The molecule has 0 amide bonds. The second-order valence-corrected chi connectivity index (χ2v) is 5.36. The van der Waals surface area contributed by atoms with Gasteiger partial charge in [-0.25, -0.2) is 14.1 Å². The van der Waals surface area contributed by atoms with Gasteiger partial charge in [0.25, 0.3) is 0 Å². The van der Waals surface area contributed by atoms with E-state index in [0.717, 1.165) is 12.4 Å². The van der Waals surface area contributed by atoms with Gasteiger partial charge in [-0.3, -0.25) is 0 Å². The van der Waals surface area contributed by atoms with E-state index in [0.29, 0.717) is 17.9 Å². The summed E-state index contributed by atoms with van der Waals surface area (Å²) >= 11 is 0. The van der Waals surface area contributed by atoms with Crippen molar-refractivity contribution in [3.63, 3.8) is 0 Å². The van der Waals surface area contributed by atoms with Gasteiger partial charge < -0.3 is 5.11 Å². The number of hydrogen-bond donors (Lipinski definition) is 1. The van der Waals surface area contributed by atoms with E-state index in [4.69, 9.17) is 0 Å². The zero-order valence-electron chi connectivity index (χ0n) is 11.8. The van der Waals surface area contributed by atoms with Crippen molar-refractivity contribution >= 4 is 0 Å². The first-order chi connectivity index (χ1) is 9.61. The second-order valence-electron chi connectivity index (χ2n) is 5.36. The largest absolute Gasteiger partial charge is 0.396 e. The molecule has 1 N–H and O–H groups in total. The van der Waals surface area contributed by atoms with Gasteiger partial charge >= 0.3 is 0 Å². The number of benzene rings is 1. The maximum Gasteiger partial charge on any atom is 0.138 e. The van der Waals surface area contributed by atoms with Gasteiger partial charge in [-0.05, 0) is 17.5 Å². The van der Waals surface area contributed by atoms with Crippen LogP contribution < -0.4 is 0 Å². The van der Waals surface area contributed by atoms with Crippen LogP contribution >= 0.6 is 0 Å². The summed E-state index contributed by atoms with van der Waals surface area (Å²) in [6.45, 7) is 4.86. The van der Waals surface area contributed by atoms with E-state index < -0.39 is 0 Å². The molecule has 1 atom stereocenters. The molecule has 20 heavy (non-hydrogen) atoms. The first kappa shape index (κ1) is 14.7. The molecule has 1 unspecified atom stereocenters. The lowest BCUT2D eigenvalue weighted by atomic mass is 9.95. The van der Waals surface area contributed by atoms with E-state index in [1.54, 1.807) is 18.2 Å². The van der Waals surface area contributed by atoms with Gasteiger partial charge in [-0.2, -0.15) is 5.10 Å². The molecule has 0 saturated heterocycles. The molecule has 0 aliphatic carbocycles. The predicted octanol–water partition coefficient (Wildman–Crippen LogP) is 2.39. The highest BCUT2D eigenvalue weighted by atomic mass is 19.1. The summed E-state index contributed by atoms with van der Waals surface area (Å²) in [5.74, 6) is 0.644. The van der Waals surface area contributed by atoms with Gasteiger partial charge in [0.05, 0.1) is 6.61 Å². The van der Waals surface area contributed by atoms with Gasteiger partial charge in [-0.1, -0.05) is 32.0 Å². The van der Waals surface area contributed by atoms with Gasteiger partial charge in [0, 0.05) is 18.9 Å². The second kappa shape index (κ2) is 6.61. The van der Waals surface area contributed by atoms with Crippen LogP contribution in [0.15, 0.2) is 30.6 Å². The highest BCUT2D eigenvalue weighted by Gasteiger charge is 2.18. The van der Waals surface area contributed by atoms with Crippen molar-refractivity contribution in [2.45, 2.75) is 32.7 Å². The Morgan fingerprint density at radius 3 is 2.70 bits per heavy atom. The molecule has 1 heterocycles. The molecule has 0 spiro atoms. The van der Waals surface area contributed by atoms with Crippen molar-refractivity contribution in [3.05, 3.63) is 47.8 Å². The van der Waals surface area contributed by atoms with Crippen LogP contribution in [0.5, 0.6) is 0 Å². The lowest BCUT2D eigenvalue weighted by molar-refractivity contribution is 0.258. The summed E-state index contributed by atoms with van der Waals surface area (Å²) in [5, 5.41) is 13.7. The van der Waals surface area contributed by atoms with Crippen LogP contribution in [0.2, 0.25) is 0 Å². The maximum absolute atomic E-state index is 13.8. The van der Waals surface area contributed by atoms with Crippen molar-refractivity contribution in [1.82, 2.24) is 14.8 Å². The maximum atomic E-state index is 13.8. The van der Waals surface area contributed by atoms with E-state index in [1.165, 1.54) is 12.4 Å². The van der Waals surface area contributed by atoms with Crippen molar-refractivity contribution in [3.8, 4) is 0 Å². The Morgan fingerprint density at radius 1 is 1.30 bits per heavy atom. The highest BCUT2D eigenvalue weighted by Crippen LogP contribution is 2.22. The number of rotatable bonds is 6. The molecular weight excluding hydrogens is 257 g/mol. The molecular formula is C15H20FN3O. The van der Waals surface area contributed by atoms with Crippen molar-refractivity contribution in [2.75, 3.05) is 6.61 Å². The Labute approximate surface area is 118 Å². The van der Waals surface area contributed by atoms with E-state index in [2.05, 4.69) is 23.9 Å². The minimum absolute atomic E-state index is 0.116. The summed E-state index contributed by atoms with van der Waals surface area (Å²) < 4.78 is 15.6. The SMILES string of the molecule is CC(C)Cn1ncnc1CC(CO)c1ccccc1F. The third-order valence-corrected chi connectivity index (χ3v) is 3.23. The quantitative estimate of drug-likeness (QED) is 0.882. The van der Waals surface area contributed by atoms with E-state index >= 15 is 0 Å². The number of aromatic nitrogens is 3. The number of hydrogen-bond acceptors (Lipinski definition) is 3. The van der Waals surface area contributed by atoms with Crippen LogP contribution in [0.1, 0.15) is 31.2 Å². The molecule has 5 heteroatoms. The molecule has 0 aliphatic heterocycles. The fraction of sp³-hybridized carbons (Fsp3) is 0.467. The smallest absolute Gasteiger partial charge is 0.138 e. The number of nitrogens with zero attached hydrogens (tertiary/aromatic N) is 3. The normalized spacial score (nSPS) is 12.8. The van der Waals surface area contributed by atoms with Crippen LogP contribution in [0.3, 0.4) is 0 Å². The van der Waals surface area contributed by atoms with Gasteiger partial charge in [0.15, 0.2) is 0 Å². The molecule has 1 aromatic carbocycles. The molecule has 0 aliphatic rings. The first-order valence-electron chi connectivity index (χ1n) is 6.83. The number of aliphatic hydroxyl groups is 1. The summed E-state index contributed by atoms with van der Waals surface area (Å²) in [7, 11) is 0. The van der Waals surface area contributed by atoms with E-state index in [-0.39, 0.29) is 18.3 Å². The van der Waals surface area contributed by atoms with Crippen molar-refractivity contribution in [2.24, 2.45) is 5.92 Å². The monoisotopic (exact) mass is 277 g/mol. The molecule has 0 saturated carbocycles. The van der Waals surface area contributed by atoms with Gasteiger partial charge in [-0.15, -0.1) is 0 Å². The molecule has 108 valence electrons. The Kier molecular flexibility index (Phi) is 4.84. The Bertz CT molecular complexity index is 554. The fourth-order valence-electron chi connectivity index (χ4n) is 2.24. The topological polar surface area (TPSA) is 50.9 Å².